The molecule has 5 rings (SSSR count). The summed E-state index contributed by atoms with van der Waals surface area (Å²) in [5.41, 5.74) is 4.29. The number of carboxylic acids is 1. The minimum absolute atomic E-state index is 0.0898. The van der Waals surface area contributed by atoms with Gasteiger partial charge in [-0.3, -0.25) is 14.9 Å². The standard InChI is InChI=1S/C29H33N7O4/c1-19-26(22-15-30-34(2)16-22)33-36(23-10-5-4-6-11-23)27(19)32-29(39)31-25-18-35(12-13-40-3)17-24(25)20-8-7-9-21(14-20)28(37)38/h4-11,14-16,24-25H,12-13,17-18H2,1-3H3,(H,37,38)(H2,31,32,39)/t24-,25+/m0/s1. The summed E-state index contributed by atoms with van der Waals surface area (Å²) in [5, 5.41) is 24.8. The van der Waals surface area contributed by atoms with Crippen molar-refractivity contribution < 1.29 is 19.4 Å². The number of carboxylic acid groups (broad SMARTS) is 1. The van der Waals surface area contributed by atoms with Crippen molar-refractivity contribution in [2.75, 3.05) is 38.7 Å². The number of carbonyl (C=O) groups excluding carboxylic acids is 1. The summed E-state index contributed by atoms with van der Waals surface area (Å²) in [7, 11) is 3.50. The molecule has 3 heterocycles. The van der Waals surface area contributed by atoms with E-state index in [1.165, 1.54) is 0 Å². The molecule has 11 heteroatoms. The number of aromatic carboxylic acids is 1. The van der Waals surface area contributed by atoms with Crippen molar-refractivity contribution >= 4 is 17.8 Å². The van der Waals surface area contributed by atoms with Crippen LogP contribution in [0.4, 0.5) is 10.6 Å². The first-order valence-electron chi connectivity index (χ1n) is 13.1. The molecule has 0 aliphatic carbocycles. The number of ether oxygens (including phenoxy) is 1. The second kappa shape index (κ2) is 11.7. The smallest absolute Gasteiger partial charge is 0.335 e. The molecule has 40 heavy (non-hydrogen) atoms. The first-order chi connectivity index (χ1) is 19.3. The lowest BCUT2D eigenvalue weighted by molar-refractivity contribution is 0.0696. The summed E-state index contributed by atoms with van der Waals surface area (Å²) in [6, 6.07) is 15.9. The van der Waals surface area contributed by atoms with Crippen LogP contribution in [0.25, 0.3) is 16.9 Å². The maximum Gasteiger partial charge on any atom is 0.335 e. The molecule has 2 aromatic carbocycles. The van der Waals surface area contributed by atoms with Crippen LogP contribution in [0, 0.1) is 6.92 Å². The number of aromatic nitrogens is 4. The van der Waals surface area contributed by atoms with Gasteiger partial charge in [0.15, 0.2) is 0 Å². The number of aryl methyl sites for hydroxylation is 1. The quantitative estimate of drug-likeness (QED) is 0.295. The van der Waals surface area contributed by atoms with E-state index < -0.39 is 5.97 Å². The van der Waals surface area contributed by atoms with Crippen molar-refractivity contribution in [2.45, 2.75) is 18.9 Å². The van der Waals surface area contributed by atoms with Crippen LogP contribution in [0.5, 0.6) is 0 Å². The van der Waals surface area contributed by atoms with Crippen LogP contribution >= 0.6 is 0 Å². The van der Waals surface area contributed by atoms with Crippen LogP contribution < -0.4 is 10.6 Å². The van der Waals surface area contributed by atoms with E-state index in [9.17, 15) is 14.7 Å². The van der Waals surface area contributed by atoms with Crippen LogP contribution in [-0.4, -0.2) is 81.0 Å². The Morgan fingerprint density at radius 2 is 1.93 bits per heavy atom. The molecule has 0 unspecified atom stereocenters. The highest BCUT2D eigenvalue weighted by Gasteiger charge is 2.35. The van der Waals surface area contributed by atoms with Gasteiger partial charge >= 0.3 is 12.0 Å². The van der Waals surface area contributed by atoms with Gasteiger partial charge < -0.3 is 15.2 Å². The highest BCUT2D eigenvalue weighted by atomic mass is 16.5. The predicted octanol–water partition coefficient (Wildman–Crippen LogP) is 3.52. The molecule has 11 nitrogen and oxygen atoms in total. The average molecular weight is 544 g/mol. The predicted molar refractivity (Wildman–Crippen MR) is 151 cm³/mol. The maximum absolute atomic E-state index is 13.5. The topological polar surface area (TPSA) is 127 Å². The molecule has 0 radical (unpaired) electrons. The van der Waals surface area contributed by atoms with Crippen LogP contribution in [0.2, 0.25) is 0 Å². The summed E-state index contributed by atoms with van der Waals surface area (Å²) in [4.78, 5) is 27.3. The number of carbonyl (C=O) groups is 2. The molecule has 1 aliphatic heterocycles. The minimum Gasteiger partial charge on any atom is -0.478 e. The Morgan fingerprint density at radius 3 is 2.62 bits per heavy atom. The Kier molecular flexibility index (Phi) is 7.94. The number of methoxy groups -OCH3 is 1. The number of benzene rings is 2. The number of hydrogen-bond acceptors (Lipinski definition) is 6. The minimum atomic E-state index is -0.979. The van der Waals surface area contributed by atoms with Crippen LogP contribution in [0.15, 0.2) is 67.0 Å². The highest BCUT2D eigenvalue weighted by molar-refractivity contribution is 5.91. The Morgan fingerprint density at radius 1 is 1.12 bits per heavy atom. The van der Waals surface area contributed by atoms with Crippen molar-refractivity contribution in [1.82, 2.24) is 29.8 Å². The number of likely N-dealkylation sites (tertiary alicyclic amines) is 1. The average Bonchev–Trinajstić information content (AvgIpc) is 3.65. The highest BCUT2D eigenvalue weighted by Crippen LogP contribution is 2.31. The molecule has 4 aromatic rings. The zero-order chi connectivity index (χ0) is 28.2. The molecule has 0 bridgehead atoms. The molecule has 1 fully saturated rings. The van der Waals surface area contributed by atoms with Crippen LogP contribution in [-0.2, 0) is 11.8 Å². The molecule has 3 N–H and O–H groups in total. The number of para-hydroxylation sites is 1. The monoisotopic (exact) mass is 543 g/mol. The third-order valence-corrected chi connectivity index (χ3v) is 7.22. The van der Waals surface area contributed by atoms with Gasteiger partial charge in [0.05, 0.1) is 30.1 Å². The molecule has 0 spiro atoms. The summed E-state index contributed by atoms with van der Waals surface area (Å²) >= 11 is 0. The molecule has 2 atom stereocenters. The molecule has 1 aliphatic rings. The van der Waals surface area contributed by atoms with Gasteiger partial charge in [-0.25, -0.2) is 14.3 Å². The van der Waals surface area contributed by atoms with E-state index in [-0.39, 0.29) is 23.6 Å². The lowest BCUT2D eigenvalue weighted by Crippen LogP contribution is -2.42. The Balaban J connectivity index is 1.42. The summed E-state index contributed by atoms with van der Waals surface area (Å²) in [6.45, 7) is 4.47. The molecule has 0 saturated carbocycles. The van der Waals surface area contributed by atoms with Gasteiger partial charge in [0, 0.05) is 57.0 Å². The van der Waals surface area contributed by atoms with E-state index in [1.54, 1.807) is 40.9 Å². The Bertz CT molecular complexity index is 1500. The number of nitrogens with one attached hydrogen (secondary N) is 2. The summed E-state index contributed by atoms with van der Waals surface area (Å²) < 4.78 is 8.70. The van der Waals surface area contributed by atoms with Gasteiger partial charge in [-0.2, -0.15) is 10.2 Å². The zero-order valence-electron chi connectivity index (χ0n) is 22.7. The molecular formula is C29H33N7O4. The van der Waals surface area contributed by atoms with E-state index in [0.717, 1.165) is 28.1 Å². The largest absolute Gasteiger partial charge is 0.478 e. The SMILES string of the molecule is COCCN1C[C@@H](NC(=O)Nc2c(C)c(-c3cnn(C)c3)nn2-c2ccccc2)[C@H](c2cccc(C(=O)O)c2)C1. The van der Waals surface area contributed by atoms with E-state index in [4.69, 9.17) is 9.84 Å². The fourth-order valence-electron chi connectivity index (χ4n) is 5.20. The molecule has 2 aromatic heterocycles. The zero-order valence-corrected chi connectivity index (χ0v) is 22.7. The van der Waals surface area contributed by atoms with Gasteiger partial charge in [0.25, 0.3) is 0 Å². The summed E-state index contributed by atoms with van der Waals surface area (Å²) in [5.74, 6) is -0.512. The van der Waals surface area contributed by atoms with Crippen molar-refractivity contribution in [2.24, 2.45) is 7.05 Å². The number of rotatable bonds is 9. The molecule has 2 amide bonds. The molecular weight excluding hydrogens is 510 g/mol. The van der Waals surface area contributed by atoms with Crippen molar-refractivity contribution in [1.29, 1.82) is 0 Å². The van der Waals surface area contributed by atoms with Crippen LogP contribution in [0.1, 0.15) is 27.4 Å². The van der Waals surface area contributed by atoms with E-state index in [2.05, 4.69) is 20.6 Å². The van der Waals surface area contributed by atoms with Gasteiger partial charge in [0.2, 0.25) is 0 Å². The first-order valence-corrected chi connectivity index (χ1v) is 13.1. The maximum atomic E-state index is 13.5. The van der Waals surface area contributed by atoms with Crippen molar-refractivity contribution in [3.8, 4) is 16.9 Å². The lowest BCUT2D eigenvalue weighted by atomic mass is 9.93. The third kappa shape index (κ3) is 5.75. The van der Waals surface area contributed by atoms with Gasteiger partial charge in [0.1, 0.15) is 11.5 Å². The van der Waals surface area contributed by atoms with Crippen molar-refractivity contribution in [3.05, 3.63) is 83.7 Å². The fraction of sp³-hybridized carbons (Fsp3) is 0.310. The Labute approximate surface area is 232 Å². The Hall–Kier alpha value is -4.48. The number of anilines is 1. The molecule has 1 saturated heterocycles. The van der Waals surface area contributed by atoms with Gasteiger partial charge in [-0.05, 0) is 36.8 Å². The van der Waals surface area contributed by atoms with Gasteiger partial charge in [-0.15, -0.1) is 0 Å². The van der Waals surface area contributed by atoms with E-state index in [0.29, 0.717) is 32.1 Å². The second-order valence-electron chi connectivity index (χ2n) is 9.97. The van der Waals surface area contributed by atoms with Gasteiger partial charge in [-0.1, -0.05) is 30.3 Å². The second-order valence-corrected chi connectivity index (χ2v) is 9.97. The van der Waals surface area contributed by atoms with Crippen molar-refractivity contribution in [3.63, 3.8) is 0 Å². The van der Waals surface area contributed by atoms with E-state index in [1.807, 2.05) is 56.6 Å². The number of urea groups is 1. The van der Waals surface area contributed by atoms with E-state index >= 15 is 0 Å². The number of amides is 2. The first kappa shape index (κ1) is 27.1. The normalized spacial score (nSPS) is 17.2. The lowest BCUT2D eigenvalue weighted by Gasteiger charge is -2.21. The van der Waals surface area contributed by atoms with Crippen LogP contribution in [0.3, 0.4) is 0 Å². The fourth-order valence-corrected chi connectivity index (χ4v) is 5.20. The third-order valence-electron chi connectivity index (χ3n) is 7.22. The summed E-state index contributed by atoms with van der Waals surface area (Å²) in [6.07, 6.45) is 3.63. The number of nitrogens with zero attached hydrogens (tertiary/aromatic N) is 5. The molecule has 208 valence electrons. The number of hydrogen-bond donors (Lipinski definition) is 3.